The van der Waals surface area contributed by atoms with Crippen molar-refractivity contribution in [1.82, 2.24) is 15.1 Å². The number of imide groups is 1. The van der Waals surface area contributed by atoms with Crippen molar-refractivity contribution in [3.63, 3.8) is 0 Å². The lowest BCUT2D eigenvalue weighted by atomic mass is 9.88. The molecule has 30 heavy (non-hydrogen) atoms. The van der Waals surface area contributed by atoms with Crippen molar-refractivity contribution in [3.8, 4) is 16.9 Å². The summed E-state index contributed by atoms with van der Waals surface area (Å²) >= 11 is 12.9. The molecule has 0 spiro atoms. The fourth-order valence-electron chi connectivity index (χ4n) is 3.49. The number of ether oxygens (including phenoxy) is 1. The van der Waals surface area contributed by atoms with Crippen molar-refractivity contribution < 1.29 is 14.3 Å². The summed E-state index contributed by atoms with van der Waals surface area (Å²) in [6.45, 7) is 0.344. The molecule has 0 aliphatic carbocycles. The van der Waals surface area contributed by atoms with Gasteiger partial charge in [-0.25, -0.2) is 0 Å². The van der Waals surface area contributed by atoms with E-state index in [1.165, 1.54) is 0 Å². The van der Waals surface area contributed by atoms with Crippen LogP contribution < -0.4 is 10.1 Å². The van der Waals surface area contributed by atoms with Crippen molar-refractivity contribution in [2.45, 2.75) is 25.4 Å². The fraction of sp³-hybridized carbons (Fsp3) is 0.227. The van der Waals surface area contributed by atoms with Crippen LogP contribution in [0, 0.1) is 0 Å². The second-order valence-electron chi connectivity index (χ2n) is 7.15. The molecule has 154 valence electrons. The first-order chi connectivity index (χ1) is 14.4. The average Bonchev–Trinajstić information content (AvgIpc) is 3.13. The van der Waals surface area contributed by atoms with Gasteiger partial charge >= 0.3 is 0 Å². The molecular formula is C22H19Cl2N3O3. The quantitative estimate of drug-likeness (QED) is 0.589. The van der Waals surface area contributed by atoms with E-state index in [4.69, 9.17) is 27.9 Å². The molecule has 1 aliphatic heterocycles. The monoisotopic (exact) mass is 443 g/mol. The molecule has 1 N–H and O–H groups in total. The van der Waals surface area contributed by atoms with Gasteiger partial charge in [0.25, 0.3) is 0 Å². The number of halogens is 2. The van der Waals surface area contributed by atoms with Crippen molar-refractivity contribution >= 4 is 35.0 Å². The standard InChI is InChI=1S/C22H19Cl2N3O3/c1-27-9-8-14(26-27)12-30-15-3-4-16(20(24)11-15)13-2-6-19(23)18(10-13)17-5-7-21(28)25-22(17)29/h2-4,6,8-11,17H,5,7,12H2,1H3,(H,25,28,29). The number of aryl methyl sites for hydroxylation is 1. The van der Waals surface area contributed by atoms with Crippen LogP contribution in [-0.4, -0.2) is 21.6 Å². The van der Waals surface area contributed by atoms with Crippen LogP contribution in [0.25, 0.3) is 11.1 Å². The third kappa shape index (κ3) is 4.35. The zero-order chi connectivity index (χ0) is 21.3. The van der Waals surface area contributed by atoms with Crippen molar-refractivity contribution in [3.05, 3.63) is 70.0 Å². The summed E-state index contributed by atoms with van der Waals surface area (Å²) in [5, 5.41) is 7.66. The molecule has 1 saturated heterocycles. The Morgan fingerprint density at radius 1 is 1.13 bits per heavy atom. The van der Waals surface area contributed by atoms with Gasteiger partial charge in [-0.3, -0.25) is 19.6 Å². The zero-order valence-corrected chi connectivity index (χ0v) is 17.7. The minimum Gasteiger partial charge on any atom is -0.487 e. The van der Waals surface area contributed by atoms with Gasteiger partial charge in [0.05, 0.1) is 16.6 Å². The minimum absolute atomic E-state index is 0.257. The summed E-state index contributed by atoms with van der Waals surface area (Å²) in [5.41, 5.74) is 3.14. The molecule has 1 fully saturated rings. The molecule has 0 bridgehead atoms. The van der Waals surface area contributed by atoms with Crippen molar-refractivity contribution in [2.24, 2.45) is 7.05 Å². The number of nitrogens with zero attached hydrogens (tertiary/aromatic N) is 2. The van der Waals surface area contributed by atoms with Gasteiger partial charge in [-0.1, -0.05) is 29.3 Å². The summed E-state index contributed by atoms with van der Waals surface area (Å²) in [7, 11) is 1.85. The van der Waals surface area contributed by atoms with Gasteiger partial charge in [0.1, 0.15) is 12.4 Å². The molecule has 2 aromatic carbocycles. The second-order valence-corrected chi connectivity index (χ2v) is 7.97. The fourth-order valence-corrected chi connectivity index (χ4v) is 4.01. The molecular weight excluding hydrogens is 425 g/mol. The van der Waals surface area contributed by atoms with Crippen LogP contribution in [0.5, 0.6) is 5.75 Å². The molecule has 1 atom stereocenters. The van der Waals surface area contributed by atoms with Gasteiger partial charge in [0, 0.05) is 30.3 Å². The molecule has 3 aromatic rings. The molecule has 1 unspecified atom stereocenters. The topological polar surface area (TPSA) is 73.2 Å². The number of nitrogens with one attached hydrogen (secondary N) is 1. The normalized spacial score (nSPS) is 16.4. The van der Waals surface area contributed by atoms with Crippen LogP contribution in [-0.2, 0) is 23.2 Å². The van der Waals surface area contributed by atoms with Gasteiger partial charge in [0.15, 0.2) is 0 Å². The highest BCUT2D eigenvalue weighted by Gasteiger charge is 2.29. The lowest BCUT2D eigenvalue weighted by molar-refractivity contribution is -0.134. The van der Waals surface area contributed by atoms with Gasteiger partial charge < -0.3 is 4.74 Å². The van der Waals surface area contributed by atoms with E-state index >= 15 is 0 Å². The van der Waals surface area contributed by atoms with E-state index in [0.29, 0.717) is 40.8 Å². The Hall–Kier alpha value is -2.83. The SMILES string of the molecule is Cn1ccc(COc2ccc(-c3ccc(Cl)c(C4CCC(=O)NC4=O)c3)c(Cl)c2)n1. The minimum atomic E-state index is -0.463. The molecule has 6 nitrogen and oxygen atoms in total. The average molecular weight is 444 g/mol. The Morgan fingerprint density at radius 2 is 1.97 bits per heavy atom. The number of piperidine rings is 1. The van der Waals surface area contributed by atoms with E-state index in [9.17, 15) is 9.59 Å². The number of carbonyl (C=O) groups excluding carboxylic acids is 2. The highest BCUT2D eigenvalue weighted by Crippen LogP contribution is 2.37. The number of aromatic nitrogens is 2. The third-order valence-electron chi connectivity index (χ3n) is 5.02. The second kappa shape index (κ2) is 8.50. The Morgan fingerprint density at radius 3 is 2.67 bits per heavy atom. The van der Waals surface area contributed by atoms with Crippen LogP contribution in [0.4, 0.5) is 0 Å². The molecule has 1 aromatic heterocycles. The maximum Gasteiger partial charge on any atom is 0.234 e. The van der Waals surface area contributed by atoms with E-state index in [1.54, 1.807) is 16.8 Å². The summed E-state index contributed by atoms with van der Waals surface area (Å²) in [6.07, 6.45) is 2.58. The molecule has 4 rings (SSSR count). The summed E-state index contributed by atoms with van der Waals surface area (Å²) in [6, 6.07) is 12.8. The summed E-state index contributed by atoms with van der Waals surface area (Å²) in [5.74, 6) is -0.411. The Labute approximate surface area is 183 Å². The molecule has 2 heterocycles. The molecule has 1 aliphatic rings. The number of hydrogen-bond acceptors (Lipinski definition) is 4. The molecule has 0 saturated carbocycles. The lowest BCUT2D eigenvalue weighted by Crippen LogP contribution is -2.39. The van der Waals surface area contributed by atoms with Crippen molar-refractivity contribution in [2.75, 3.05) is 0 Å². The van der Waals surface area contributed by atoms with Crippen LogP contribution in [0.1, 0.15) is 30.0 Å². The summed E-state index contributed by atoms with van der Waals surface area (Å²) in [4.78, 5) is 23.7. The smallest absolute Gasteiger partial charge is 0.234 e. The largest absolute Gasteiger partial charge is 0.487 e. The first kappa shape index (κ1) is 20.4. The van der Waals surface area contributed by atoms with E-state index in [0.717, 1.165) is 16.8 Å². The van der Waals surface area contributed by atoms with Crippen LogP contribution >= 0.6 is 23.2 Å². The Balaban J connectivity index is 1.56. The van der Waals surface area contributed by atoms with Crippen LogP contribution in [0.2, 0.25) is 10.0 Å². The lowest BCUT2D eigenvalue weighted by Gasteiger charge is -2.22. The van der Waals surface area contributed by atoms with Crippen LogP contribution in [0.3, 0.4) is 0 Å². The predicted molar refractivity (Wildman–Crippen MR) is 115 cm³/mol. The third-order valence-corrected chi connectivity index (χ3v) is 5.67. The van der Waals surface area contributed by atoms with E-state index in [1.807, 2.05) is 43.6 Å². The molecule has 8 heteroatoms. The maximum absolute atomic E-state index is 12.3. The van der Waals surface area contributed by atoms with Gasteiger partial charge in [-0.15, -0.1) is 0 Å². The Bertz CT molecular complexity index is 1130. The molecule has 0 radical (unpaired) electrons. The van der Waals surface area contributed by atoms with Crippen molar-refractivity contribution in [1.29, 1.82) is 0 Å². The number of rotatable bonds is 5. The van der Waals surface area contributed by atoms with Crippen LogP contribution in [0.15, 0.2) is 48.7 Å². The molecule has 2 amide bonds. The maximum atomic E-state index is 12.3. The van der Waals surface area contributed by atoms with Gasteiger partial charge in [-0.05, 0) is 53.9 Å². The first-order valence-corrected chi connectivity index (χ1v) is 10.2. The first-order valence-electron chi connectivity index (χ1n) is 9.45. The van der Waals surface area contributed by atoms with Gasteiger partial charge in [0.2, 0.25) is 11.8 Å². The van der Waals surface area contributed by atoms with E-state index < -0.39 is 5.92 Å². The Kier molecular flexibility index (Phi) is 5.79. The summed E-state index contributed by atoms with van der Waals surface area (Å²) < 4.78 is 7.49. The number of carbonyl (C=O) groups is 2. The van der Waals surface area contributed by atoms with E-state index in [2.05, 4.69) is 10.4 Å². The van der Waals surface area contributed by atoms with E-state index in [-0.39, 0.29) is 11.8 Å². The van der Waals surface area contributed by atoms with Gasteiger partial charge in [-0.2, -0.15) is 5.10 Å². The number of benzene rings is 2. The highest BCUT2D eigenvalue weighted by molar-refractivity contribution is 6.34. The highest BCUT2D eigenvalue weighted by atomic mass is 35.5. The number of hydrogen-bond donors (Lipinski definition) is 1. The predicted octanol–water partition coefficient (Wildman–Crippen LogP) is 4.49. The zero-order valence-electron chi connectivity index (χ0n) is 16.2. The number of amides is 2.